The SMILES string of the molecule is O=c1cc(-c2ccncc2)ncn1CC1CCN(c2ncnc3ncccc23)CC1. The van der Waals surface area contributed by atoms with E-state index < -0.39 is 0 Å². The number of fused-ring (bicyclic) bond motifs is 1. The first-order valence-corrected chi connectivity index (χ1v) is 10.1. The molecule has 4 aromatic heterocycles. The zero-order chi connectivity index (χ0) is 20.3. The van der Waals surface area contributed by atoms with Crippen molar-refractivity contribution in [2.75, 3.05) is 18.0 Å². The summed E-state index contributed by atoms with van der Waals surface area (Å²) in [4.78, 5) is 36.4. The van der Waals surface area contributed by atoms with E-state index in [0.29, 0.717) is 18.2 Å². The zero-order valence-corrected chi connectivity index (χ0v) is 16.4. The van der Waals surface area contributed by atoms with Crippen LogP contribution in [0, 0.1) is 5.92 Å². The third-order valence-electron chi connectivity index (χ3n) is 5.61. The van der Waals surface area contributed by atoms with Gasteiger partial charge in [-0.2, -0.15) is 0 Å². The van der Waals surface area contributed by atoms with Crippen molar-refractivity contribution in [1.29, 1.82) is 0 Å². The number of anilines is 1. The molecule has 8 heteroatoms. The molecule has 5 heterocycles. The molecular formula is C22H21N7O. The van der Waals surface area contributed by atoms with Gasteiger partial charge >= 0.3 is 0 Å². The fourth-order valence-corrected chi connectivity index (χ4v) is 3.98. The van der Waals surface area contributed by atoms with Crippen LogP contribution in [0.25, 0.3) is 22.3 Å². The van der Waals surface area contributed by atoms with E-state index in [1.54, 1.807) is 41.9 Å². The Hall–Kier alpha value is -3.68. The van der Waals surface area contributed by atoms with Crippen molar-refractivity contribution in [3.05, 3.63) is 71.9 Å². The predicted octanol–water partition coefficient (Wildman–Crippen LogP) is 2.56. The van der Waals surface area contributed by atoms with Crippen LogP contribution in [0.4, 0.5) is 5.82 Å². The summed E-state index contributed by atoms with van der Waals surface area (Å²) in [5, 5.41) is 0.977. The van der Waals surface area contributed by atoms with Crippen molar-refractivity contribution >= 4 is 16.9 Å². The summed E-state index contributed by atoms with van der Waals surface area (Å²) in [6, 6.07) is 9.24. The highest BCUT2D eigenvalue weighted by molar-refractivity contribution is 5.86. The van der Waals surface area contributed by atoms with Gasteiger partial charge in [0.15, 0.2) is 5.65 Å². The molecule has 1 aliphatic heterocycles. The van der Waals surface area contributed by atoms with Gasteiger partial charge in [0.2, 0.25) is 0 Å². The van der Waals surface area contributed by atoms with Gasteiger partial charge in [0.1, 0.15) is 12.1 Å². The zero-order valence-electron chi connectivity index (χ0n) is 16.4. The van der Waals surface area contributed by atoms with Gasteiger partial charge < -0.3 is 4.90 Å². The lowest BCUT2D eigenvalue weighted by molar-refractivity contribution is 0.350. The maximum atomic E-state index is 12.6. The Labute approximate surface area is 173 Å². The fourth-order valence-electron chi connectivity index (χ4n) is 3.98. The van der Waals surface area contributed by atoms with E-state index in [0.717, 1.165) is 48.3 Å². The van der Waals surface area contributed by atoms with Crippen LogP contribution >= 0.6 is 0 Å². The maximum Gasteiger partial charge on any atom is 0.253 e. The van der Waals surface area contributed by atoms with Gasteiger partial charge in [0.05, 0.1) is 17.4 Å². The first kappa shape index (κ1) is 18.4. The van der Waals surface area contributed by atoms with Gasteiger partial charge in [-0.3, -0.25) is 14.3 Å². The number of hydrogen-bond donors (Lipinski definition) is 0. The molecule has 0 unspecified atom stereocenters. The molecular weight excluding hydrogens is 378 g/mol. The predicted molar refractivity (Wildman–Crippen MR) is 114 cm³/mol. The molecule has 30 heavy (non-hydrogen) atoms. The minimum absolute atomic E-state index is 0.0212. The van der Waals surface area contributed by atoms with Gasteiger partial charge in [0.25, 0.3) is 5.56 Å². The second-order valence-electron chi connectivity index (χ2n) is 7.50. The van der Waals surface area contributed by atoms with Gasteiger partial charge in [-0.25, -0.2) is 19.9 Å². The van der Waals surface area contributed by atoms with Crippen LogP contribution in [0.15, 0.2) is 66.4 Å². The third-order valence-corrected chi connectivity index (χ3v) is 5.61. The molecule has 0 aromatic carbocycles. The second kappa shape index (κ2) is 7.98. The molecule has 1 fully saturated rings. The third kappa shape index (κ3) is 3.63. The molecule has 8 nitrogen and oxygen atoms in total. The lowest BCUT2D eigenvalue weighted by Crippen LogP contribution is -2.37. The van der Waals surface area contributed by atoms with Gasteiger partial charge in [0, 0.05) is 49.9 Å². The number of pyridine rings is 2. The van der Waals surface area contributed by atoms with E-state index in [4.69, 9.17) is 0 Å². The number of aromatic nitrogens is 6. The Morgan fingerprint density at radius 2 is 1.80 bits per heavy atom. The van der Waals surface area contributed by atoms with Gasteiger partial charge in [-0.1, -0.05) is 0 Å². The first-order chi connectivity index (χ1) is 14.8. The van der Waals surface area contributed by atoms with Crippen molar-refractivity contribution in [1.82, 2.24) is 29.5 Å². The van der Waals surface area contributed by atoms with Crippen molar-refractivity contribution in [2.45, 2.75) is 19.4 Å². The van der Waals surface area contributed by atoms with Crippen molar-refractivity contribution in [3.63, 3.8) is 0 Å². The molecule has 0 spiro atoms. The Bertz CT molecular complexity index is 1210. The summed E-state index contributed by atoms with van der Waals surface area (Å²) in [6.07, 6.45) is 10.4. The van der Waals surface area contributed by atoms with E-state index >= 15 is 0 Å². The molecule has 150 valence electrons. The lowest BCUT2D eigenvalue weighted by atomic mass is 9.96. The summed E-state index contributed by atoms with van der Waals surface area (Å²) in [7, 11) is 0. The highest BCUT2D eigenvalue weighted by Crippen LogP contribution is 2.27. The van der Waals surface area contributed by atoms with Crippen LogP contribution in [0.3, 0.4) is 0 Å². The molecule has 1 saturated heterocycles. The van der Waals surface area contributed by atoms with Crippen LogP contribution < -0.4 is 10.5 Å². The summed E-state index contributed by atoms with van der Waals surface area (Å²) >= 11 is 0. The Kier molecular flexibility index (Phi) is 4.88. The van der Waals surface area contributed by atoms with E-state index in [-0.39, 0.29) is 5.56 Å². The molecule has 1 aliphatic rings. The topological polar surface area (TPSA) is 89.7 Å². The summed E-state index contributed by atoms with van der Waals surface area (Å²) in [5.41, 5.74) is 2.27. The van der Waals surface area contributed by atoms with Crippen molar-refractivity contribution in [3.8, 4) is 11.3 Å². The normalized spacial score (nSPS) is 14.9. The molecule has 0 aliphatic carbocycles. The summed E-state index contributed by atoms with van der Waals surface area (Å²) in [6.45, 7) is 2.47. The fraction of sp³-hybridized carbons (Fsp3) is 0.273. The summed E-state index contributed by atoms with van der Waals surface area (Å²) in [5.74, 6) is 1.37. The van der Waals surface area contributed by atoms with Crippen LogP contribution in [0.2, 0.25) is 0 Å². The number of piperidine rings is 1. The number of nitrogens with zero attached hydrogens (tertiary/aromatic N) is 7. The second-order valence-corrected chi connectivity index (χ2v) is 7.50. The molecule has 0 N–H and O–H groups in total. The highest BCUT2D eigenvalue weighted by atomic mass is 16.1. The largest absolute Gasteiger partial charge is 0.356 e. The summed E-state index contributed by atoms with van der Waals surface area (Å²) < 4.78 is 1.72. The molecule has 5 rings (SSSR count). The average molecular weight is 399 g/mol. The maximum absolute atomic E-state index is 12.6. The quantitative estimate of drug-likeness (QED) is 0.521. The minimum Gasteiger partial charge on any atom is -0.356 e. The monoisotopic (exact) mass is 399 g/mol. The molecule has 0 radical (unpaired) electrons. The first-order valence-electron chi connectivity index (χ1n) is 10.1. The van der Waals surface area contributed by atoms with E-state index in [2.05, 4.69) is 29.8 Å². The number of hydrogen-bond acceptors (Lipinski definition) is 7. The average Bonchev–Trinajstić information content (AvgIpc) is 2.81. The van der Waals surface area contributed by atoms with E-state index in [9.17, 15) is 4.79 Å². The molecule has 4 aromatic rings. The van der Waals surface area contributed by atoms with Gasteiger partial charge in [-0.15, -0.1) is 0 Å². The van der Waals surface area contributed by atoms with Crippen LogP contribution in [-0.4, -0.2) is 42.6 Å². The number of rotatable bonds is 4. The van der Waals surface area contributed by atoms with Gasteiger partial charge in [-0.05, 0) is 43.0 Å². The molecule has 0 saturated carbocycles. The molecule has 0 atom stereocenters. The van der Waals surface area contributed by atoms with Crippen LogP contribution in [0.5, 0.6) is 0 Å². The van der Waals surface area contributed by atoms with E-state index in [1.165, 1.54) is 0 Å². The Morgan fingerprint density at radius 1 is 0.967 bits per heavy atom. The Balaban J connectivity index is 1.27. The van der Waals surface area contributed by atoms with Crippen molar-refractivity contribution in [2.24, 2.45) is 5.92 Å². The van der Waals surface area contributed by atoms with Crippen LogP contribution in [0.1, 0.15) is 12.8 Å². The Morgan fingerprint density at radius 3 is 2.60 bits per heavy atom. The minimum atomic E-state index is -0.0212. The molecule has 0 amide bonds. The smallest absolute Gasteiger partial charge is 0.253 e. The van der Waals surface area contributed by atoms with Crippen LogP contribution in [-0.2, 0) is 6.54 Å². The van der Waals surface area contributed by atoms with E-state index in [1.807, 2.05) is 24.3 Å². The molecule has 0 bridgehead atoms. The van der Waals surface area contributed by atoms with Crippen molar-refractivity contribution < 1.29 is 0 Å². The standard InChI is InChI=1S/C22H21N7O/c30-20-12-19(17-3-8-23-9-4-17)27-15-29(20)13-16-5-10-28(11-6-16)22-18-2-1-7-24-21(18)25-14-26-22/h1-4,7-9,12,14-16H,5-6,10-11,13H2. The highest BCUT2D eigenvalue weighted by Gasteiger charge is 2.22. The lowest BCUT2D eigenvalue weighted by Gasteiger charge is -2.33.